The van der Waals surface area contributed by atoms with Gasteiger partial charge in [0, 0.05) is 11.6 Å². The molecule has 90 valence electrons. The van der Waals surface area contributed by atoms with Crippen LogP contribution < -0.4 is 10.1 Å². The van der Waals surface area contributed by atoms with E-state index in [4.69, 9.17) is 4.74 Å². The van der Waals surface area contributed by atoms with E-state index in [1.807, 2.05) is 13.0 Å². The molecular formula is C13H21NO2. The number of ether oxygens (including phenoxy) is 1. The number of hydrogen-bond acceptors (Lipinski definition) is 3. The van der Waals surface area contributed by atoms with Crippen molar-refractivity contribution in [2.75, 3.05) is 13.7 Å². The molecule has 0 spiro atoms. The fraction of sp³-hybridized carbons (Fsp3) is 0.538. The second-order valence-corrected chi connectivity index (χ2v) is 3.95. The predicted octanol–water partition coefficient (Wildman–Crippen LogP) is 2.85. The molecule has 3 heteroatoms. The maximum atomic E-state index is 9.76. The quantitative estimate of drug-likeness (QED) is 0.729. The minimum atomic E-state index is 0.140. The van der Waals surface area contributed by atoms with Gasteiger partial charge in [-0.15, -0.1) is 0 Å². The van der Waals surface area contributed by atoms with E-state index in [1.165, 1.54) is 6.42 Å². The zero-order valence-electron chi connectivity index (χ0n) is 10.3. The first-order valence-corrected chi connectivity index (χ1v) is 5.79. The van der Waals surface area contributed by atoms with E-state index < -0.39 is 0 Å². The Morgan fingerprint density at radius 3 is 2.81 bits per heavy atom. The summed E-state index contributed by atoms with van der Waals surface area (Å²) in [7, 11) is 1.63. The van der Waals surface area contributed by atoms with E-state index in [1.54, 1.807) is 19.2 Å². The molecular weight excluding hydrogens is 202 g/mol. The lowest BCUT2D eigenvalue weighted by Crippen LogP contribution is -2.19. The second kappa shape index (κ2) is 6.38. The Hall–Kier alpha value is -1.22. The van der Waals surface area contributed by atoms with Crippen LogP contribution in [0.1, 0.15) is 38.3 Å². The van der Waals surface area contributed by atoms with E-state index >= 15 is 0 Å². The first kappa shape index (κ1) is 12.8. The highest BCUT2D eigenvalue weighted by Crippen LogP contribution is 2.28. The Labute approximate surface area is 97.4 Å². The zero-order chi connectivity index (χ0) is 12.0. The minimum absolute atomic E-state index is 0.140. The largest absolute Gasteiger partial charge is 0.508 e. The Morgan fingerprint density at radius 1 is 1.44 bits per heavy atom. The first-order valence-electron chi connectivity index (χ1n) is 5.79. The number of aromatic hydroxyl groups is 1. The van der Waals surface area contributed by atoms with Crippen LogP contribution in [0.25, 0.3) is 0 Å². The first-order chi connectivity index (χ1) is 7.69. The van der Waals surface area contributed by atoms with Crippen molar-refractivity contribution in [2.24, 2.45) is 0 Å². The lowest BCUT2D eigenvalue weighted by Gasteiger charge is -2.16. The average Bonchev–Trinajstić information content (AvgIpc) is 2.30. The van der Waals surface area contributed by atoms with Crippen LogP contribution in [0.4, 0.5) is 0 Å². The lowest BCUT2D eigenvalue weighted by molar-refractivity contribution is 0.407. The van der Waals surface area contributed by atoms with Crippen LogP contribution >= 0.6 is 0 Å². The molecule has 0 aromatic heterocycles. The van der Waals surface area contributed by atoms with E-state index in [0.717, 1.165) is 24.3 Å². The number of unbranched alkanes of at least 4 members (excludes halogenated alkanes) is 1. The smallest absolute Gasteiger partial charge is 0.120 e. The molecule has 0 aliphatic rings. The fourth-order valence-corrected chi connectivity index (χ4v) is 1.61. The third kappa shape index (κ3) is 3.42. The topological polar surface area (TPSA) is 41.5 Å². The molecule has 0 amide bonds. The molecule has 2 N–H and O–H groups in total. The van der Waals surface area contributed by atoms with Crippen molar-refractivity contribution in [3.8, 4) is 11.5 Å². The van der Waals surface area contributed by atoms with E-state index in [-0.39, 0.29) is 6.04 Å². The lowest BCUT2D eigenvalue weighted by atomic mass is 10.1. The summed E-state index contributed by atoms with van der Waals surface area (Å²) >= 11 is 0. The summed E-state index contributed by atoms with van der Waals surface area (Å²) in [5.74, 6) is 1.09. The highest BCUT2D eigenvalue weighted by Gasteiger charge is 2.10. The van der Waals surface area contributed by atoms with Gasteiger partial charge in [0.1, 0.15) is 11.5 Å². The number of phenolic OH excluding ortho intramolecular Hbond substituents is 1. The SMILES string of the molecule is CCCCNC(C)c1cc(OC)ccc1O. The molecule has 0 aliphatic heterocycles. The van der Waals surface area contributed by atoms with Crippen LogP contribution in [-0.2, 0) is 0 Å². The summed E-state index contributed by atoms with van der Waals surface area (Å²) in [4.78, 5) is 0. The van der Waals surface area contributed by atoms with Crippen LogP contribution in [0.5, 0.6) is 11.5 Å². The van der Waals surface area contributed by atoms with Gasteiger partial charge < -0.3 is 15.2 Å². The summed E-state index contributed by atoms with van der Waals surface area (Å²) in [6.07, 6.45) is 2.32. The molecule has 1 atom stereocenters. The summed E-state index contributed by atoms with van der Waals surface area (Å²) in [5, 5.41) is 13.1. The molecule has 0 saturated heterocycles. The van der Waals surface area contributed by atoms with Crippen LogP contribution in [0, 0.1) is 0 Å². The monoisotopic (exact) mass is 223 g/mol. The molecule has 3 nitrogen and oxygen atoms in total. The molecule has 0 fully saturated rings. The summed E-state index contributed by atoms with van der Waals surface area (Å²) in [6.45, 7) is 5.17. The number of rotatable bonds is 6. The van der Waals surface area contributed by atoms with Gasteiger partial charge in [-0.25, -0.2) is 0 Å². The number of nitrogens with one attached hydrogen (secondary N) is 1. The standard InChI is InChI=1S/C13H21NO2/c1-4-5-8-14-10(2)12-9-11(16-3)6-7-13(12)15/h6-7,9-10,14-15H,4-5,8H2,1-3H3. The third-order valence-electron chi connectivity index (χ3n) is 2.68. The Kier molecular flexibility index (Phi) is 5.12. The van der Waals surface area contributed by atoms with Crippen LogP contribution in [0.3, 0.4) is 0 Å². The molecule has 0 bridgehead atoms. The summed E-state index contributed by atoms with van der Waals surface area (Å²) in [5.41, 5.74) is 0.885. The van der Waals surface area contributed by atoms with Gasteiger partial charge in [0.25, 0.3) is 0 Å². The average molecular weight is 223 g/mol. The minimum Gasteiger partial charge on any atom is -0.508 e. The zero-order valence-corrected chi connectivity index (χ0v) is 10.3. The molecule has 0 heterocycles. The van der Waals surface area contributed by atoms with Crippen molar-refractivity contribution in [3.63, 3.8) is 0 Å². The highest BCUT2D eigenvalue weighted by molar-refractivity contribution is 5.41. The van der Waals surface area contributed by atoms with Crippen LogP contribution in [0.15, 0.2) is 18.2 Å². The van der Waals surface area contributed by atoms with Crippen molar-refractivity contribution in [1.29, 1.82) is 0 Å². The van der Waals surface area contributed by atoms with Gasteiger partial charge in [-0.2, -0.15) is 0 Å². The number of hydrogen-bond donors (Lipinski definition) is 2. The molecule has 0 saturated carbocycles. The molecule has 1 aromatic carbocycles. The van der Waals surface area contributed by atoms with Gasteiger partial charge >= 0.3 is 0 Å². The van der Waals surface area contributed by atoms with Crippen molar-refractivity contribution in [2.45, 2.75) is 32.7 Å². The maximum absolute atomic E-state index is 9.76. The van der Waals surface area contributed by atoms with Gasteiger partial charge in [-0.05, 0) is 38.1 Å². The van der Waals surface area contributed by atoms with Gasteiger partial charge in [-0.1, -0.05) is 13.3 Å². The molecule has 16 heavy (non-hydrogen) atoms. The predicted molar refractivity (Wildman–Crippen MR) is 66.0 cm³/mol. The Balaban J connectivity index is 2.69. The normalized spacial score (nSPS) is 12.4. The Bertz CT molecular complexity index is 326. The van der Waals surface area contributed by atoms with E-state index in [9.17, 15) is 5.11 Å². The summed E-state index contributed by atoms with van der Waals surface area (Å²) in [6, 6.07) is 5.45. The van der Waals surface area contributed by atoms with Crippen LogP contribution in [-0.4, -0.2) is 18.8 Å². The number of methoxy groups -OCH3 is 1. The van der Waals surface area contributed by atoms with Crippen LogP contribution in [0.2, 0.25) is 0 Å². The highest BCUT2D eigenvalue weighted by atomic mass is 16.5. The fourth-order valence-electron chi connectivity index (χ4n) is 1.61. The van der Waals surface area contributed by atoms with Crippen molar-refractivity contribution < 1.29 is 9.84 Å². The summed E-state index contributed by atoms with van der Waals surface area (Å²) < 4.78 is 5.15. The molecule has 0 radical (unpaired) electrons. The van der Waals surface area contributed by atoms with Gasteiger partial charge in [0.15, 0.2) is 0 Å². The van der Waals surface area contributed by atoms with Gasteiger partial charge in [-0.3, -0.25) is 0 Å². The van der Waals surface area contributed by atoms with Gasteiger partial charge in [0.05, 0.1) is 7.11 Å². The van der Waals surface area contributed by atoms with Crippen molar-refractivity contribution in [1.82, 2.24) is 5.32 Å². The van der Waals surface area contributed by atoms with Gasteiger partial charge in [0.2, 0.25) is 0 Å². The third-order valence-corrected chi connectivity index (χ3v) is 2.68. The van der Waals surface area contributed by atoms with E-state index in [0.29, 0.717) is 5.75 Å². The Morgan fingerprint density at radius 2 is 2.19 bits per heavy atom. The molecule has 1 unspecified atom stereocenters. The molecule has 1 aromatic rings. The van der Waals surface area contributed by atoms with Crippen molar-refractivity contribution in [3.05, 3.63) is 23.8 Å². The second-order valence-electron chi connectivity index (χ2n) is 3.95. The molecule has 0 aliphatic carbocycles. The van der Waals surface area contributed by atoms with E-state index in [2.05, 4.69) is 12.2 Å². The maximum Gasteiger partial charge on any atom is 0.120 e. The van der Waals surface area contributed by atoms with Crippen molar-refractivity contribution >= 4 is 0 Å². The number of benzene rings is 1. The molecule has 1 rings (SSSR count). The number of phenols is 1.